The molecule has 82 valence electrons. The summed E-state index contributed by atoms with van der Waals surface area (Å²) in [5.74, 6) is -5.68. The van der Waals surface area contributed by atoms with Gasteiger partial charge in [0.1, 0.15) is 5.92 Å². The second-order valence-corrected chi connectivity index (χ2v) is 3.48. The van der Waals surface area contributed by atoms with Crippen LogP contribution in [0.15, 0.2) is 23.3 Å². The maximum atomic E-state index is 10.8. The number of hydrogen-bond acceptors (Lipinski definition) is 4. The molecule has 2 N–H and O–H groups in total. The van der Waals surface area contributed by atoms with Crippen LogP contribution in [0.1, 0.15) is 6.92 Å². The van der Waals surface area contributed by atoms with Gasteiger partial charge in [-0.05, 0) is 18.2 Å². The lowest BCUT2D eigenvalue weighted by atomic mass is 9.94. The summed E-state index contributed by atoms with van der Waals surface area (Å²) in [6, 6.07) is 0. The molecule has 5 nitrogen and oxygen atoms in total. The van der Waals surface area contributed by atoms with Crippen LogP contribution in [-0.2, 0) is 14.3 Å². The number of aliphatic carboxylic acids is 1. The average Bonchev–Trinajstić information content (AvgIpc) is 2.08. The molecule has 0 heterocycles. The first-order valence-electron chi connectivity index (χ1n) is 4.06. The van der Waals surface area contributed by atoms with Crippen molar-refractivity contribution < 1.29 is 24.5 Å². The number of allylic oxidation sites excluding steroid dienone is 2. The number of esters is 1. The molecule has 2 unspecified atom stereocenters. The minimum Gasteiger partial charge on any atom is -0.481 e. The summed E-state index contributed by atoms with van der Waals surface area (Å²) in [6.07, 6.45) is 3.41. The monoisotopic (exact) mass is 232 g/mol. The fraction of sp³-hybridized carbons (Fsp3) is 0.333. The van der Waals surface area contributed by atoms with Gasteiger partial charge in [-0.25, -0.2) is 0 Å². The number of carboxylic acids is 1. The van der Waals surface area contributed by atoms with Crippen molar-refractivity contribution in [3.63, 3.8) is 0 Å². The molecular weight excluding hydrogens is 224 g/mol. The lowest BCUT2D eigenvalue weighted by Crippen LogP contribution is -2.44. The van der Waals surface area contributed by atoms with Gasteiger partial charge >= 0.3 is 11.9 Å². The molecule has 2 atom stereocenters. The van der Waals surface area contributed by atoms with Crippen molar-refractivity contribution in [3.8, 4) is 0 Å². The van der Waals surface area contributed by atoms with Gasteiger partial charge in [0.15, 0.2) is 0 Å². The highest BCUT2D eigenvalue weighted by Crippen LogP contribution is 2.30. The van der Waals surface area contributed by atoms with Gasteiger partial charge in [0.05, 0.1) is 0 Å². The summed E-state index contributed by atoms with van der Waals surface area (Å²) in [7, 11) is 0. The van der Waals surface area contributed by atoms with E-state index in [2.05, 4.69) is 4.74 Å². The summed E-state index contributed by atoms with van der Waals surface area (Å²) in [5.41, 5.74) is 0. The molecule has 0 aromatic rings. The third kappa shape index (κ3) is 2.57. The quantitative estimate of drug-likeness (QED) is 0.539. The zero-order valence-electron chi connectivity index (χ0n) is 7.81. The first-order valence-corrected chi connectivity index (χ1v) is 4.44. The van der Waals surface area contributed by atoms with Crippen molar-refractivity contribution in [3.05, 3.63) is 23.3 Å². The summed E-state index contributed by atoms with van der Waals surface area (Å²) in [6.45, 7) is 1.07. The van der Waals surface area contributed by atoms with Gasteiger partial charge in [0.25, 0.3) is 0 Å². The van der Waals surface area contributed by atoms with Gasteiger partial charge in [-0.3, -0.25) is 9.59 Å². The standard InChI is InChI=1S/C9H9ClO5/c1-5(11)15-9(14)3-2-6(10)4-7(9)8(12)13/h2-4,7,14H,1H3,(H,12,13). The van der Waals surface area contributed by atoms with E-state index in [0.717, 1.165) is 19.1 Å². The topological polar surface area (TPSA) is 83.8 Å². The van der Waals surface area contributed by atoms with Crippen LogP contribution in [0.5, 0.6) is 0 Å². The Morgan fingerprint density at radius 3 is 2.67 bits per heavy atom. The van der Waals surface area contributed by atoms with Crippen molar-refractivity contribution >= 4 is 23.5 Å². The molecule has 6 heteroatoms. The minimum atomic E-state index is -2.17. The van der Waals surface area contributed by atoms with E-state index in [0.29, 0.717) is 0 Å². The van der Waals surface area contributed by atoms with Crippen molar-refractivity contribution in [2.24, 2.45) is 5.92 Å². The largest absolute Gasteiger partial charge is 0.481 e. The highest BCUT2D eigenvalue weighted by molar-refractivity contribution is 6.31. The van der Waals surface area contributed by atoms with Crippen LogP contribution >= 0.6 is 11.6 Å². The van der Waals surface area contributed by atoms with E-state index in [1.807, 2.05) is 0 Å². The van der Waals surface area contributed by atoms with E-state index in [1.54, 1.807) is 0 Å². The van der Waals surface area contributed by atoms with Crippen molar-refractivity contribution in [2.45, 2.75) is 12.7 Å². The van der Waals surface area contributed by atoms with Crippen LogP contribution in [0.25, 0.3) is 0 Å². The van der Waals surface area contributed by atoms with E-state index in [9.17, 15) is 14.7 Å². The Morgan fingerprint density at radius 1 is 1.60 bits per heavy atom. The molecule has 15 heavy (non-hydrogen) atoms. The van der Waals surface area contributed by atoms with Crippen LogP contribution in [0.3, 0.4) is 0 Å². The second-order valence-electron chi connectivity index (χ2n) is 3.05. The van der Waals surface area contributed by atoms with Gasteiger partial charge in [0, 0.05) is 12.0 Å². The third-order valence-corrected chi connectivity index (χ3v) is 2.08. The lowest BCUT2D eigenvalue weighted by molar-refractivity contribution is -0.205. The maximum Gasteiger partial charge on any atom is 0.317 e. The fourth-order valence-electron chi connectivity index (χ4n) is 1.21. The Balaban J connectivity index is 3.02. The molecule has 0 saturated carbocycles. The Hall–Kier alpha value is -1.33. The molecular formula is C9H9ClO5. The Labute approximate surface area is 90.6 Å². The van der Waals surface area contributed by atoms with E-state index >= 15 is 0 Å². The van der Waals surface area contributed by atoms with Crippen LogP contribution in [0.2, 0.25) is 0 Å². The van der Waals surface area contributed by atoms with Crippen LogP contribution in [-0.4, -0.2) is 27.9 Å². The molecule has 1 aliphatic rings. The van der Waals surface area contributed by atoms with E-state index in [-0.39, 0.29) is 5.03 Å². The molecule has 0 aliphatic heterocycles. The molecule has 1 rings (SSSR count). The van der Waals surface area contributed by atoms with E-state index < -0.39 is 23.6 Å². The summed E-state index contributed by atoms with van der Waals surface area (Å²) in [4.78, 5) is 21.5. The Morgan fingerprint density at radius 2 is 2.20 bits per heavy atom. The number of carbonyl (C=O) groups is 2. The number of carboxylic acid groups (broad SMARTS) is 1. The molecule has 0 spiro atoms. The van der Waals surface area contributed by atoms with E-state index in [4.69, 9.17) is 16.7 Å². The molecule has 0 bridgehead atoms. The zero-order valence-corrected chi connectivity index (χ0v) is 8.56. The third-order valence-electron chi connectivity index (χ3n) is 1.83. The van der Waals surface area contributed by atoms with Gasteiger partial charge in [0.2, 0.25) is 5.79 Å². The predicted octanol–water partition coefficient (Wildman–Crippen LogP) is 0.631. The molecule has 0 aromatic carbocycles. The highest BCUT2D eigenvalue weighted by atomic mass is 35.5. The normalized spacial score (nSPS) is 29.5. The zero-order chi connectivity index (χ0) is 11.6. The van der Waals surface area contributed by atoms with Crippen LogP contribution in [0.4, 0.5) is 0 Å². The van der Waals surface area contributed by atoms with Crippen molar-refractivity contribution in [1.82, 2.24) is 0 Å². The predicted molar refractivity (Wildman–Crippen MR) is 50.9 cm³/mol. The van der Waals surface area contributed by atoms with Crippen LogP contribution < -0.4 is 0 Å². The van der Waals surface area contributed by atoms with Gasteiger partial charge < -0.3 is 14.9 Å². The Bertz CT molecular complexity index is 360. The SMILES string of the molecule is CC(=O)OC1(O)C=CC(Cl)=CC1C(=O)O. The smallest absolute Gasteiger partial charge is 0.317 e. The molecule has 0 amide bonds. The minimum absolute atomic E-state index is 0.166. The molecule has 0 radical (unpaired) electrons. The van der Waals surface area contributed by atoms with Crippen LogP contribution in [0, 0.1) is 5.92 Å². The number of carbonyl (C=O) groups excluding carboxylic acids is 1. The number of ether oxygens (including phenoxy) is 1. The van der Waals surface area contributed by atoms with Crippen molar-refractivity contribution in [2.75, 3.05) is 0 Å². The lowest BCUT2D eigenvalue weighted by Gasteiger charge is -2.30. The van der Waals surface area contributed by atoms with Gasteiger partial charge in [-0.15, -0.1) is 0 Å². The number of halogens is 1. The number of rotatable bonds is 2. The summed E-state index contributed by atoms with van der Waals surface area (Å²) < 4.78 is 4.55. The fourth-order valence-corrected chi connectivity index (χ4v) is 1.40. The molecule has 0 aromatic heterocycles. The highest BCUT2D eigenvalue weighted by Gasteiger charge is 2.43. The second kappa shape index (κ2) is 4.04. The molecule has 1 aliphatic carbocycles. The molecule has 0 fully saturated rings. The first-order chi connectivity index (χ1) is 6.85. The van der Waals surface area contributed by atoms with Gasteiger partial charge in [-0.2, -0.15) is 0 Å². The molecule has 0 saturated heterocycles. The van der Waals surface area contributed by atoms with Gasteiger partial charge in [-0.1, -0.05) is 11.6 Å². The average molecular weight is 233 g/mol. The number of aliphatic hydroxyl groups is 1. The summed E-state index contributed by atoms with van der Waals surface area (Å²) in [5, 5.41) is 18.8. The number of hydrogen-bond donors (Lipinski definition) is 2. The Kier molecular flexibility index (Phi) is 3.16. The maximum absolute atomic E-state index is 10.8. The van der Waals surface area contributed by atoms with Crippen molar-refractivity contribution in [1.29, 1.82) is 0 Å². The first kappa shape index (κ1) is 11.7. The van der Waals surface area contributed by atoms with E-state index in [1.165, 1.54) is 6.08 Å². The summed E-state index contributed by atoms with van der Waals surface area (Å²) >= 11 is 5.58.